The number of halogens is 2. The Labute approximate surface area is 75.2 Å². The van der Waals surface area contributed by atoms with Crippen molar-refractivity contribution in [2.75, 3.05) is 0 Å². The summed E-state index contributed by atoms with van der Waals surface area (Å²) >= 11 is 0. The third-order valence-corrected chi connectivity index (χ3v) is 2.12. The summed E-state index contributed by atoms with van der Waals surface area (Å²) in [5.74, 6) is 0. The maximum absolute atomic E-state index is 12.4. The number of nitrogens with zero attached hydrogens (tertiary/aromatic N) is 1. The fourth-order valence-corrected chi connectivity index (χ4v) is 1.16. The van der Waals surface area contributed by atoms with Crippen LogP contribution in [0.2, 0.25) is 0 Å². The van der Waals surface area contributed by atoms with Crippen LogP contribution in [-0.2, 0) is 6.61 Å². The second-order valence-corrected chi connectivity index (χ2v) is 2.89. The molecule has 72 valence electrons. The van der Waals surface area contributed by atoms with E-state index in [4.69, 9.17) is 5.11 Å². The summed E-state index contributed by atoms with van der Waals surface area (Å²) in [6, 6.07) is 0. The first kappa shape index (κ1) is 10.1. The second kappa shape index (κ2) is 3.79. The zero-order valence-electron chi connectivity index (χ0n) is 7.51. The quantitative estimate of drug-likeness (QED) is 0.769. The van der Waals surface area contributed by atoms with E-state index in [1.165, 1.54) is 6.20 Å². The Kier molecular flexibility index (Phi) is 2.93. The van der Waals surface area contributed by atoms with Crippen molar-refractivity contribution in [3.63, 3.8) is 0 Å². The summed E-state index contributed by atoms with van der Waals surface area (Å²) in [5.41, 5.74) is 1.43. The molecule has 0 aliphatic rings. The van der Waals surface area contributed by atoms with E-state index < -0.39 is 6.43 Å². The highest BCUT2D eigenvalue weighted by atomic mass is 19.3. The van der Waals surface area contributed by atoms with Crippen LogP contribution in [0.1, 0.15) is 28.8 Å². The molecule has 0 radical (unpaired) electrons. The summed E-state index contributed by atoms with van der Waals surface area (Å²) in [6.45, 7) is 3.09. The minimum Gasteiger partial charge on any atom is -0.392 e. The van der Waals surface area contributed by atoms with Crippen LogP contribution >= 0.6 is 0 Å². The van der Waals surface area contributed by atoms with E-state index in [0.717, 1.165) is 5.56 Å². The number of aromatic nitrogens is 1. The molecule has 2 nitrogen and oxygen atoms in total. The number of pyridine rings is 1. The van der Waals surface area contributed by atoms with Crippen LogP contribution in [0, 0.1) is 13.8 Å². The van der Waals surface area contributed by atoms with Crippen molar-refractivity contribution in [1.29, 1.82) is 0 Å². The molecule has 0 aromatic carbocycles. The standard InChI is InChI=1S/C9H11F2NO/c1-5-3-12-8(9(10)11)7(4-13)6(5)2/h3,9,13H,4H2,1-2H3. The fourth-order valence-electron chi connectivity index (χ4n) is 1.16. The van der Waals surface area contributed by atoms with E-state index in [9.17, 15) is 8.78 Å². The second-order valence-electron chi connectivity index (χ2n) is 2.89. The lowest BCUT2D eigenvalue weighted by atomic mass is 10.0. The molecule has 0 aliphatic carbocycles. The van der Waals surface area contributed by atoms with Crippen molar-refractivity contribution in [2.24, 2.45) is 0 Å². The van der Waals surface area contributed by atoms with Crippen LogP contribution in [0.5, 0.6) is 0 Å². The largest absolute Gasteiger partial charge is 0.392 e. The van der Waals surface area contributed by atoms with Gasteiger partial charge in [-0.2, -0.15) is 0 Å². The van der Waals surface area contributed by atoms with Crippen molar-refractivity contribution in [1.82, 2.24) is 4.98 Å². The molecule has 13 heavy (non-hydrogen) atoms. The first-order chi connectivity index (χ1) is 6.07. The van der Waals surface area contributed by atoms with Crippen molar-refractivity contribution >= 4 is 0 Å². The lowest BCUT2D eigenvalue weighted by Gasteiger charge is -2.10. The van der Waals surface area contributed by atoms with E-state index >= 15 is 0 Å². The minimum absolute atomic E-state index is 0.245. The Bertz CT molecular complexity index is 313. The van der Waals surface area contributed by atoms with Gasteiger partial charge in [0, 0.05) is 11.8 Å². The molecule has 0 bridgehead atoms. The van der Waals surface area contributed by atoms with Gasteiger partial charge in [0.1, 0.15) is 5.69 Å². The van der Waals surface area contributed by atoms with Crippen molar-refractivity contribution < 1.29 is 13.9 Å². The van der Waals surface area contributed by atoms with Crippen LogP contribution in [0.4, 0.5) is 8.78 Å². The minimum atomic E-state index is -2.62. The van der Waals surface area contributed by atoms with Crippen LogP contribution in [-0.4, -0.2) is 10.1 Å². The summed E-state index contributed by atoms with van der Waals surface area (Å²) in [7, 11) is 0. The molecule has 1 rings (SSSR count). The average molecular weight is 187 g/mol. The number of aliphatic hydroxyl groups is 1. The molecule has 0 fully saturated rings. The van der Waals surface area contributed by atoms with Crippen LogP contribution in [0.25, 0.3) is 0 Å². The molecule has 0 aliphatic heterocycles. The zero-order chi connectivity index (χ0) is 10.0. The molecular weight excluding hydrogens is 176 g/mol. The molecule has 1 heterocycles. The molecule has 0 spiro atoms. The third-order valence-electron chi connectivity index (χ3n) is 2.12. The summed E-state index contributed by atoms with van der Waals surface area (Å²) < 4.78 is 24.7. The average Bonchev–Trinajstić information content (AvgIpc) is 2.09. The molecule has 0 amide bonds. The number of aliphatic hydroxyl groups excluding tert-OH is 1. The van der Waals surface area contributed by atoms with Gasteiger partial charge in [-0.25, -0.2) is 8.78 Å². The smallest absolute Gasteiger partial charge is 0.280 e. The van der Waals surface area contributed by atoms with Gasteiger partial charge in [0.25, 0.3) is 6.43 Å². The monoisotopic (exact) mass is 187 g/mol. The lowest BCUT2D eigenvalue weighted by Crippen LogP contribution is -2.03. The van der Waals surface area contributed by atoms with Gasteiger partial charge in [0.2, 0.25) is 0 Å². The predicted molar refractivity (Wildman–Crippen MR) is 44.6 cm³/mol. The third kappa shape index (κ3) is 1.83. The van der Waals surface area contributed by atoms with Crippen molar-refractivity contribution in [3.8, 4) is 0 Å². The molecular formula is C9H11F2NO. The Balaban J connectivity index is 3.30. The number of hydrogen-bond acceptors (Lipinski definition) is 2. The molecule has 0 saturated heterocycles. The highest BCUT2D eigenvalue weighted by molar-refractivity contribution is 5.34. The zero-order valence-corrected chi connectivity index (χ0v) is 7.51. The number of aryl methyl sites for hydroxylation is 1. The number of hydrogen-bond donors (Lipinski definition) is 1. The Hall–Kier alpha value is -1.03. The van der Waals surface area contributed by atoms with Gasteiger partial charge in [-0.1, -0.05) is 0 Å². The van der Waals surface area contributed by atoms with Gasteiger partial charge < -0.3 is 5.11 Å². The van der Waals surface area contributed by atoms with Crippen LogP contribution < -0.4 is 0 Å². The Morgan fingerprint density at radius 2 is 2.08 bits per heavy atom. The predicted octanol–water partition coefficient (Wildman–Crippen LogP) is 2.13. The van der Waals surface area contributed by atoms with Gasteiger partial charge in [-0.3, -0.25) is 4.98 Å². The molecule has 0 atom stereocenters. The normalized spacial score (nSPS) is 10.9. The number of rotatable bonds is 2. The van der Waals surface area contributed by atoms with Crippen LogP contribution in [0.3, 0.4) is 0 Å². The fraction of sp³-hybridized carbons (Fsp3) is 0.444. The lowest BCUT2D eigenvalue weighted by molar-refractivity contribution is 0.141. The molecule has 0 saturated carbocycles. The first-order valence-corrected chi connectivity index (χ1v) is 3.92. The maximum atomic E-state index is 12.4. The highest BCUT2D eigenvalue weighted by Gasteiger charge is 2.16. The van der Waals surface area contributed by atoms with Gasteiger partial charge in [0.15, 0.2) is 0 Å². The topological polar surface area (TPSA) is 33.1 Å². The molecule has 4 heteroatoms. The molecule has 1 N–H and O–H groups in total. The van der Waals surface area contributed by atoms with Crippen molar-refractivity contribution in [3.05, 3.63) is 28.6 Å². The highest BCUT2D eigenvalue weighted by Crippen LogP contribution is 2.24. The summed E-state index contributed by atoms with van der Waals surface area (Å²) in [5, 5.41) is 8.90. The van der Waals surface area contributed by atoms with Gasteiger partial charge >= 0.3 is 0 Å². The van der Waals surface area contributed by atoms with Crippen molar-refractivity contribution in [2.45, 2.75) is 26.9 Å². The van der Waals surface area contributed by atoms with E-state index in [0.29, 0.717) is 5.56 Å². The van der Waals surface area contributed by atoms with E-state index in [2.05, 4.69) is 4.98 Å². The first-order valence-electron chi connectivity index (χ1n) is 3.92. The SMILES string of the molecule is Cc1cnc(C(F)F)c(CO)c1C. The van der Waals surface area contributed by atoms with Gasteiger partial charge in [0.05, 0.1) is 6.61 Å². The van der Waals surface area contributed by atoms with E-state index in [1.807, 2.05) is 0 Å². The molecule has 0 unspecified atom stereocenters. The van der Waals surface area contributed by atoms with Gasteiger partial charge in [-0.05, 0) is 25.0 Å². The summed E-state index contributed by atoms with van der Waals surface area (Å²) in [6.07, 6.45) is -1.22. The number of alkyl halides is 2. The maximum Gasteiger partial charge on any atom is 0.280 e. The van der Waals surface area contributed by atoms with Crippen LogP contribution in [0.15, 0.2) is 6.20 Å². The molecule has 1 aromatic heterocycles. The van der Waals surface area contributed by atoms with Gasteiger partial charge in [-0.15, -0.1) is 0 Å². The Morgan fingerprint density at radius 3 is 2.54 bits per heavy atom. The van der Waals surface area contributed by atoms with E-state index in [1.54, 1.807) is 13.8 Å². The van der Waals surface area contributed by atoms with E-state index in [-0.39, 0.29) is 17.9 Å². The Morgan fingerprint density at radius 1 is 1.46 bits per heavy atom. The summed E-state index contributed by atoms with van der Waals surface area (Å²) in [4.78, 5) is 3.60. The molecule has 1 aromatic rings.